The molecule has 5 rings (SSSR count). The van der Waals surface area contributed by atoms with E-state index in [9.17, 15) is 18.0 Å². The van der Waals surface area contributed by atoms with Gasteiger partial charge >= 0.3 is 6.18 Å². The van der Waals surface area contributed by atoms with Crippen molar-refractivity contribution in [3.05, 3.63) is 46.9 Å². The molecule has 2 unspecified atom stereocenters. The van der Waals surface area contributed by atoms with E-state index >= 15 is 0 Å². The number of benzene rings is 1. The fourth-order valence-corrected chi connectivity index (χ4v) is 3.84. The van der Waals surface area contributed by atoms with E-state index in [0.717, 1.165) is 12.1 Å². The normalized spacial score (nSPS) is 23.6. The molecule has 1 N–H and O–H groups in total. The van der Waals surface area contributed by atoms with Crippen molar-refractivity contribution in [2.45, 2.75) is 24.7 Å². The van der Waals surface area contributed by atoms with E-state index < -0.39 is 11.7 Å². The van der Waals surface area contributed by atoms with Crippen molar-refractivity contribution >= 4 is 17.7 Å². The zero-order valence-corrected chi connectivity index (χ0v) is 14.8. The van der Waals surface area contributed by atoms with Gasteiger partial charge in [-0.2, -0.15) is 13.2 Å². The summed E-state index contributed by atoms with van der Waals surface area (Å²) in [4.78, 5) is 28.3. The van der Waals surface area contributed by atoms with Crippen LogP contribution in [0.4, 0.5) is 19.0 Å². The first-order valence-electron chi connectivity index (χ1n) is 8.81. The van der Waals surface area contributed by atoms with Gasteiger partial charge in [-0.25, -0.2) is 9.98 Å². The Morgan fingerprint density at radius 1 is 1.25 bits per heavy atom. The number of amides is 1. The first-order valence-corrected chi connectivity index (χ1v) is 8.81. The molecule has 146 valence electrons. The van der Waals surface area contributed by atoms with E-state index in [1.165, 1.54) is 17.0 Å². The number of carbonyl (C=O) groups excluding carboxylic acids is 1. The molecule has 28 heavy (non-hydrogen) atoms. The van der Waals surface area contributed by atoms with Crippen molar-refractivity contribution in [3.8, 4) is 0 Å². The van der Waals surface area contributed by atoms with Gasteiger partial charge in [-0.1, -0.05) is 12.1 Å². The van der Waals surface area contributed by atoms with E-state index in [1.807, 2.05) is 4.90 Å². The molecule has 3 aliphatic rings. The summed E-state index contributed by atoms with van der Waals surface area (Å²) in [7, 11) is 1.66. The highest BCUT2D eigenvalue weighted by atomic mass is 19.4. The Morgan fingerprint density at radius 2 is 2.00 bits per heavy atom. The number of rotatable bonds is 2. The Labute approximate surface area is 157 Å². The van der Waals surface area contributed by atoms with Crippen molar-refractivity contribution in [2.75, 3.05) is 25.2 Å². The number of nitrogens with zero attached hydrogens (tertiary/aromatic N) is 4. The number of H-pyrrole nitrogens is 1. The van der Waals surface area contributed by atoms with Crippen molar-refractivity contribution in [3.63, 3.8) is 0 Å². The van der Waals surface area contributed by atoms with Gasteiger partial charge in [0, 0.05) is 13.5 Å². The number of hydrogen-bond donors (Lipinski definition) is 1. The minimum Gasteiger partial charge on any atom is -0.377 e. The number of aromatic amines is 1. The number of ether oxygens (including phenoxy) is 1. The maximum absolute atomic E-state index is 12.7. The molecule has 10 heteroatoms. The van der Waals surface area contributed by atoms with Crippen LogP contribution < -0.4 is 4.90 Å². The zero-order chi connectivity index (χ0) is 19.6. The molecule has 4 heterocycles. The first kappa shape index (κ1) is 17.2. The van der Waals surface area contributed by atoms with E-state index in [1.54, 1.807) is 7.05 Å². The molecule has 0 saturated carbocycles. The molecule has 1 fully saturated rings. The predicted molar refractivity (Wildman–Crippen MR) is 93.2 cm³/mol. The molecule has 1 amide bonds. The Bertz CT molecular complexity index is 982. The second kappa shape index (κ2) is 5.81. The van der Waals surface area contributed by atoms with Crippen LogP contribution in [0.15, 0.2) is 29.3 Å². The van der Waals surface area contributed by atoms with E-state index in [0.29, 0.717) is 42.1 Å². The van der Waals surface area contributed by atoms with Crippen molar-refractivity contribution in [1.29, 1.82) is 0 Å². The SMILES string of the molecule is CN1C(=O)c2[nH]c(Cc3ccc(C(F)(F)F)cc3)nc2N2C1=NC1COCC12. The molecule has 7 nitrogen and oxygen atoms in total. The lowest BCUT2D eigenvalue weighted by Gasteiger charge is -2.33. The third-order valence-corrected chi connectivity index (χ3v) is 5.28. The smallest absolute Gasteiger partial charge is 0.377 e. The number of imidazole rings is 1. The number of anilines is 1. The van der Waals surface area contributed by atoms with Gasteiger partial charge in [-0.3, -0.25) is 14.6 Å². The summed E-state index contributed by atoms with van der Waals surface area (Å²) in [6, 6.07) is 4.88. The zero-order valence-electron chi connectivity index (χ0n) is 14.8. The van der Waals surface area contributed by atoms with Crippen LogP contribution in [0.2, 0.25) is 0 Å². The van der Waals surface area contributed by atoms with Gasteiger partial charge in [0.2, 0.25) is 5.96 Å². The average molecular weight is 391 g/mol. The molecular formula is C18H16F3N5O2. The summed E-state index contributed by atoms with van der Waals surface area (Å²) >= 11 is 0. The second-order valence-corrected chi connectivity index (χ2v) is 7.09. The van der Waals surface area contributed by atoms with Crippen LogP contribution in [0.25, 0.3) is 0 Å². The molecule has 1 aromatic heterocycles. The Balaban J connectivity index is 1.46. The molecular weight excluding hydrogens is 375 g/mol. The third-order valence-electron chi connectivity index (χ3n) is 5.28. The molecule has 0 radical (unpaired) electrons. The van der Waals surface area contributed by atoms with Gasteiger partial charge in [0.15, 0.2) is 5.82 Å². The highest BCUT2D eigenvalue weighted by Gasteiger charge is 2.49. The minimum atomic E-state index is -4.37. The Kier molecular flexibility index (Phi) is 3.57. The van der Waals surface area contributed by atoms with E-state index in [2.05, 4.69) is 15.0 Å². The van der Waals surface area contributed by atoms with E-state index in [-0.39, 0.29) is 24.4 Å². The first-order chi connectivity index (χ1) is 13.3. The lowest BCUT2D eigenvalue weighted by Crippen LogP contribution is -2.52. The maximum Gasteiger partial charge on any atom is 0.416 e. The molecule has 0 bridgehead atoms. The number of carbonyl (C=O) groups is 1. The average Bonchev–Trinajstić information content (AvgIpc) is 3.33. The number of aliphatic imine (C=N–C) groups is 1. The van der Waals surface area contributed by atoms with Crippen LogP contribution in [-0.2, 0) is 17.3 Å². The lowest BCUT2D eigenvalue weighted by molar-refractivity contribution is -0.137. The van der Waals surface area contributed by atoms with Crippen LogP contribution in [-0.4, -0.2) is 59.1 Å². The minimum absolute atomic E-state index is 0.00785. The Hall–Kier alpha value is -2.88. The van der Waals surface area contributed by atoms with Gasteiger partial charge in [0.05, 0.1) is 24.8 Å². The number of aromatic nitrogens is 2. The van der Waals surface area contributed by atoms with Gasteiger partial charge in [0.1, 0.15) is 17.6 Å². The number of fused-ring (bicyclic) bond motifs is 5. The van der Waals surface area contributed by atoms with Gasteiger partial charge in [-0.15, -0.1) is 0 Å². The number of nitrogens with one attached hydrogen (secondary N) is 1. The van der Waals surface area contributed by atoms with Crippen LogP contribution in [0.3, 0.4) is 0 Å². The highest BCUT2D eigenvalue weighted by molar-refractivity contribution is 6.18. The quantitative estimate of drug-likeness (QED) is 0.851. The van der Waals surface area contributed by atoms with Crippen molar-refractivity contribution < 1.29 is 22.7 Å². The second-order valence-electron chi connectivity index (χ2n) is 7.09. The largest absolute Gasteiger partial charge is 0.416 e. The summed E-state index contributed by atoms with van der Waals surface area (Å²) in [5.41, 5.74) is 0.324. The number of guanidine groups is 1. The fourth-order valence-electron chi connectivity index (χ4n) is 3.84. The van der Waals surface area contributed by atoms with E-state index in [4.69, 9.17) is 4.74 Å². The van der Waals surface area contributed by atoms with Gasteiger partial charge in [-0.05, 0) is 17.7 Å². The standard InChI is InChI=1S/C18H16F3N5O2/c1-25-16(27)14-15(26-12-8-28-7-11(12)22-17(25)26)24-13(23-14)6-9-2-4-10(5-3-9)18(19,20)21/h2-5,11-12H,6-8H2,1H3,(H,23,24). The van der Waals surface area contributed by atoms with Crippen molar-refractivity contribution in [2.24, 2.45) is 4.99 Å². The molecule has 1 saturated heterocycles. The molecule has 2 atom stereocenters. The summed E-state index contributed by atoms with van der Waals surface area (Å²) in [6.07, 6.45) is -4.09. The van der Waals surface area contributed by atoms with Crippen LogP contribution in [0.5, 0.6) is 0 Å². The molecule has 0 spiro atoms. The Morgan fingerprint density at radius 3 is 2.71 bits per heavy atom. The monoisotopic (exact) mass is 391 g/mol. The lowest BCUT2D eigenvalue weighted by atomic mass is 10.1. The molecule has 3 aliphatic heterocycles. The fraction of sp³-hybridized carbons (Fsp3) is 0.389. The van der Waals surface area contributed by atoms with Gasteiger partial charge in [0.25, 0.3) is 5.91 Å². The third kappa shape index (κ3) is 2.51. The summed E-state index contributed by atoms with van der Waals surface area (Å²) in [6.45, 7) is 1.01. The number of halogens is 3. The number of hydrogen-bond acceptors (Lipinski definition) is 5. The molecule has 2 aromatic rings. The van der Waals surface area contributed by atoms with Crippen molar-refractivity contribution in [1.82, 2.24) is 14.9 Å². The summed E-state index contributed by atoms with van der Waals surface area (Å²) in [5.74, 6) is 1.33. The van der Waals surface area contributed by atoms with Crippen LogP contribution >= 0.6 is 0 Å². The maximum atomic E-state index is 12.7. The topological polar surface area (TPSA) is 73.8 Å². The molecule has 0 aliphatic carbocycles. The van der Waals surface area contributed by atoms with Crippen LogP contribution in [0.1, 0.15) is 27.4 Å². The predicted octanol–water partition coefficient (Wildman–Crippen LogP) is 2.05. The van der Waals surface area contributed by atoms with Gasteiger partial charge < -0.3 is 9.72 Å². The molecule has 1 aromatic carbocycles. The number of alkyl halides is 3. The van der Waals surface area contributed by atoms with Crippen LogP contribution in [0, 0.1) is 0 Å². The summed E-state index contributed by atoms with van der Waals surface area (Å²) < 4.78 is 43.7. The highest BCUT2D eigenvalue weighted by Crippen LogP contribution is 2.36. The summed E-state index contributed by atoms with van der Waals surface area (Å²) in [5, 5.41) is 0.